The SMILES string of the molecule is O=C(Cn1nc(-c2ccc(OC(F)F)nc2)ccc1=O)NC12CC(C1)C2. The molecule has 2 heterocycles. The van der Waals surface area contributed by atoms with E-state index in [1.165, 1.54) is 30.5 Å². The number of nitrogens with one attached hydrogen (secondary N) is 1. The molecule has 136 valence electrons. The van der Waals surface area contributed by atoms with Crippen LogP contribution in [0, 0.1) is 5.92 Å². The molecule has 3 aliphatic carbocycles. The number of hydrogen-bond acceptors (Lipinski definition) is 5. The van der Waals surface area contributed by atoms with Crippen LogP contribution >= 0.6 is 0 Å². The fraction of sp³-hybridized carbons (Fsp3) is 0.412. The van der Waals surface area contributed by atoms with Crippen molar-refractivity contribution in [3.8, 4) is 17.1 Å². The first kappa shape index (κ1) is 16.6. The van der Waals surface area contributed by atoms with Crippen LogP contribution in [-0.4, -0.2) is 32.8 Å². The zero-order valence-electron chi connectivity index (χ0n) is 13.7. The maximum atomic E-state index is 12.2. The monoisotopic (exact) mass is 362 g/mol. The summed E-state index contributed by atoms with van der Waals surface area (Å²) in [5, 5.41) is 7.15. The lowest BCUT2D eigenvalue weighted by Gasteiger charge is -2.61. The Kier molecular flexibility index (Phi) is 3.93. The average molecular weight is 362 g/mol. The van der Waals surface area contributed by atoms with Gasteiger partial charge in [0.1, 0.15) is 6.54 Å². The molecule has 0 aromatic carbocycles. The molecule has 0 atom stereocenters. The normalized spacial score (nSPS) is 23.1. The Hall–Kier alpha value is -2.84. The number of halogens is 2. The van der Waals surface area contributed by atoms with Crippen molar-refractivity contribution >= 4 is 5.91 Å². The Morgan fingerprint density at radius 1 is 1.31 bits per heavy atom. The summed E-state index contributed by atoms with van der Waals surface area (Å²) in [5.74, 6) is 0.285. The first-order valence-electron chi connectivity index (χ1n) is 8.23. The topological polar surface area (TPSA) is 86.1 Å². The molecule has 9 heteroatoms. The highest BCUT2D eigenvalue weighted by Gasteiger charge is 2.57. The van der Waals surface area contributed by atoms with E-state index in [9.17, 15) is 18.4 Å². The van der Waals surface area contributed by atoms with E-state index in [2.05, 4.69) is 20.1 Å². The maximum Gasteiger partial charge on any atom is 0.388 e. The number of nitrogens with zero attached hydrogens (tertiary/aromatic N) is 3. The molecule has 0 saturated heterocycles. The van der Waals surface area contributed by atoms with Gasteiger partial charge in [0, 0.05) is 29.4 Å². The van der Waals surface area contributed by atoms with Crippen molar-refractivity contribution in [2.45, 2.75) is 38.0 Å². The summed E-state index contributed by atoms with van der Waals surface area (Å²) < 4.78 is 29.6. The van der Waals surface area contributed by atoms with Crippen LogP contribution in [0.2, 0.25) is 0 Å². The third-order valence-corrected chi connectivity index (χ3v) is 4.84. The van der Waals surface area contributed by atoms with Gasteiger partial charge < -0.3 is 10.1 Å². The molecule has 7 nitrogen and oxygen atoms in total. The summed E-state index contributed by atoms with van der Waals surface area (Å²) in [5.41, 5.74) is 0.458. The molecule has 5 rings (SSSR count). The van der Waals surface area contributed by atoms with E-state index < -0.39 is 12.2 Å². The summed E-state index contributed by atoms with van der Waals surface area (Å²) in [7, 11) is 0. The second kappa shape index (κ2) is 6.15. The molecule has 1 amide bonds. The number of pyridine rings is 1. The van der Waals surface area contributed by atoms with Gasteiger partial charge in [0.05, 0.1) is 5.69 Å². The lowest BCUT2D eigenvalue weighted by Crippen LogP contribution is -2.68. The van der Waals surface area contributed by atoms with E-state index in [0.29, 0.717) is 11.3 Å². The third-order valence-electron chi connectivity index (χ3n) is 4.84. The van der Waals surface area contributed by atoms with E-state index in [0.717, 1.165) is 29.9 Å². The van der Waals surface area contributed by atoms with E-state index in [-0.39, 0.29) is 23.9 Å². The van der Waals surface area contributed by atoms with E-state index in [1.54, 1.807) is 0 Å². The molecule has 3 fully saturated rings. The number of hydrogen-bond donors (Lipinski definition) is 1. The van der Waals surface area contributed by atoms with Gasteiger partial charge in [-0.3, -0.25) is 9.59 Å². The Labute approximate surface area is 147 Å². The highest BCUT2D eigenvalue weighted by Crippen LogP contribution is 2.56. The highest BCUT2D eigenvalue weighted by atomic mass is 19.3. The van der Waals surface area contributed by atoms with Crippen LogP contribution in [0.4, 0.5) is 8.78 Å². The number of amides is 1. The summed E-state index contributed by atoms with van der Waals surface area (Å²) in [6.45, 7) is -3.12. The molecule has 2 aromatic rings. The highest BCUT2D eigenvalue weighted by molar-refractivity contribution is 5.77. The summed E-state index contributed by atoms with van der Waals surface area (Å²) in [4.78, 5) is 27.9. The van der Waals surface area contributed by atoms with Crippen LogP contribution in [0.25, 0.3) is 11.3 Å². The van der Waals surface area contributed by atoms with Gasteiger partial charge in [-0.15, -0.1) is 0 Å². The molecule has 2 bridgehead atoms. The fourth-order valence-electron chi connectivity index (χ4n) is 3.51. The van der Waals surface area contributed by atoms with E-state index >= 15 is 0 Å². The van der Waals surface area contributed by atoms with Gasteiger partial charge >= 0.3 is 6.61 Å². The lowest BCUT2D eigenvalue weighted by molar-refractivity contribution is -0.133. The van der Waals surface area contributed by atoms with Crippen LogP contribution in [0.1, 0.15) is 19.3 Å². The van der Waals surface area contributed by atoms with Crippen LogP contribution in [0.15, 0.2) is 35.3 Å². The standard InChI is InChI=1S/C17H16F2N4O3/c18-16(19)26-14-3-1-11(8-20-14)12-2-4-15(25)23(22-12)9-13(24)21-17-5-10(6-17)7-17/h1-4,8,10,16H,5-7,9H2,(H,21,24). The number of alkyl halides is 2. The van der Waals surface area contributed by atoms with Crippen LogP contribution in [0.3, 0.4) is 0 Å². The van der Waals surface area contributed by atoms with Crippen LogP contribution < -0.4 is 15.6 Å². The van der Waals surface area contributed by atoms with Gasteiger partial charge in [-0.2, -0.15) is 13.9 Å². The second-order valence-electron chi connectivity index (χ2n) is 6.78. The van der Waals surface area contributed by atoms with Gasteiger partial charge in [0.25, 0.3) is 5.56 Å². The van der Waals surface area contributed by atoms with Crippen LogP contribution in [0.5, 0.6) is 5.88 Å². The predicted molar refractivity (Wildman–Crippen MR) is 86.6 cm³/mol. The molecule has 0 spiro atoms. The lowest BCUT2D eigenvalue weighted by atomic mass is 9.50. The van der Waals surface area contributed by atoms with Gasteiger partial charge in [-0.25, -0.2) is 9.67 Å². The Morgan fingerprint density at radius 2 is 2.08 bits per heavy atom. The molecule has 2 aromatic heterocycles. The molecular formula is C17H16F2N4O3. The minimum atomic E-state index is -2.95. The van der Waals surface area contributed by atoms with Gasteiger partial charge in [-0.1, -0.05) is 0 Å². The Morgan fingerprint density at radius 3 is 2.65 bits per heavy atom. The minimum absolute atomic E-state index is 0.0621. The zero-order chi connectivity index (χ0) is 18.3. The quantitative estimate of drug-likeness (QED) is 0.843. The summed E-state index contributed by atoms with van der Waals surface area (Å²) in [6.07, 6.45) is 4.36. The maximum absolute atomic E-state index is 12.2. The zero-order valence-corrected chi connectivity index (χ0v) is 13.7. The van der Waals surface area contributed by atoms with Gasteiger partial charge in [0.2, 0.25) is 11.8 Å². The molecule has 0 unspecified atom stereocenters. The first-order chi connectivity index (χ1) is 12.4. The fourth-order valence-corrected chi connectivity index (χ4v) is 3.51. The van der Waals surface area contributed by atoms with E-state index in [4.69, 9.17) is 0 Å². The summed E-state index contributed by atoms with van der Waals surface area (Å²) in [6, 6.07) is 5.58. The smallest absolute Gasteiger partial charge is 0.388 e. The van der Waals surface area contributed by atoms with E-state index in [1.807, 2.05) is 0 Å². The van der Waals surface area contributed by atoms with Crippen molar-refractivity contribution in [1.29, 1.82) is 0 Å². The minimum Gasteiger partial charge on any atom is -0.417 e. The molecule has 0 radical (unpaired) electrons. The number of rotatable bonds is 6. The third kappa shape index (κ3) is 3.16. The number of aromatic nitrogens is 3. The molecule has 1 N–H and O–H groups in total. The van der Waals surface area contributed by atoms with Crippen molar-refractivity contribution in [3.05, 3.63) is 40.8 Å². The van der Waals surface area contributed by atoms with Crippen LogP contribution in [-0.2, 0) is 11.3 Å². The molecule has 0 aliphatic heterocycles. The largest absolute Gasteiger partial charge is 0.417 e. The van der Waals surface area contributed by atoms with Gasteiger partial charge in [-0.05, 0) is 37.3 Å². The molecule has 3 aliphatic rings. The van der Waals surface area contributed by atoms with Crippen molar-refractivity contribution in [2.24, 2.45) is 5.92 Å². The Balaban J connectivity index is 1.48. The average Bonchev–Trinajstić information content (AvgIpc) is 2.52. The van der Waals surface area contributed by atoms with Crippen molar-refractivity contribution in [2.75, 3.05) is 0 Å². The van der Waals surface area contributed by atoms with Crippen molar-refractivity contribution < 1.29 is 18.3 Å². The van der Waals surface area contributed by atoms with Crippen molar-refractivity contribution in [3.63, 3.8) is 0 Å². The van der Waals surface area contributed by atoms with Crippen molar-refractivity contribution in [1.82, 2.24) is 20.1 Å². The first-order valence-corrected chi connectivity index (χ1v) is 8.23. The molecule has 26 heavy (non-hydrogen) atoms. The number of carbonyl (C=O) groups excluding carboxylic acids is 1. The number of ether oxygens (including phenoxy) is 1. The molecule has 3 saturated carbocycles. The number of carbonyl (C=O) groups is 1. The second-order valence-corrected chi connectivity index (χ2v) is 6.78. The summed E-state index contributed by atoms with van der Waals surface area (Å²) >= 11 is 0. The Bertz CT molecular complexity index is 881. The predicted octanol–water partition coefficient (Wildman–Crippen LogP) is 1.58. The molecular weight excluding hydrogens is 346 g/mol. The van der Waals surface area contributed by atoms with Gasteiger partial charge in [0.15, 0.2) is 0 Å².